The molecule has 2 rings (SSSR count). The van der Waals surface area contributed by atoms with Crippen LogP contribution in [0.25, 0.3) is 0 Å². The van der Waals surface area contributed by atoms with Crippen molar-refractivity contribution >= 4 is 11.3 Å². The van der Waals surface area contributed by atoms with Crippen LogP contribution in [0.1, 0.15) is 59.2 Å². The summed E-state index contributed by atoms with van der Waals surface area (Å²) < 4.78 is 0. The number of rotatable bonds is 7. The van der Waals surface area contributed by atoms with E-state index in [4.69, 9.17) is 0 Å². The second-order valence-electron chi connectivity index (χ2n) is 5.72. The Morgan fingerprint density at radius 1 is 1.10 bits per heavy atom. The first-order valence-electron chi connectivity index (χ1n) is 8.04. The number of nitrogens with one attached hydrogen (secondary N) is 1. The minimum atomic E-state index is 0.327. The fourth-order valence-electron chi connectivity index (χ4n) is 2.59. The van der Waals surface area contributed by atoms with Gasteiger partial charge in [-0.05, 0) is 56.0 Å². The SMILES string of the molecule is CCCCc1ccc(C(NCC)c2cc(C)c(C)s2)cc1. The molecular formula is C19H27NS. The van der Waals surface area contributed by atoms with Gasteiger partial charge >= 0.3 is 0 Å². The van der Waals surface area contributed by atoms with Crippen LogP contribution in [0, 0.1) is 13.8 Å². The zero-order valence-electron chi connectivity index (χ0n) is 13.7. The van der Waals surface area contributed by atoms with Crippen LogP contribution in [0.5, 0.6) is 0 Å². The van der Waals surface area contributed by atoms with Crippen molar-refractivity contribution in [3.05, 3.63) is 56.8 Å². The molecular weight excluding hydrogens is 274 g/mol. The summed E-state index contributed by atoms with van der Waals surface area (Å²) in [6, 6.07) is 11.8. The van der Waals surface area contributed by atoms with E-state index in [1.54, 1.807) is 0 Å². The molecule has 1 aromatic heterocycles. The fourth-order valence-corrected chi connectivity index (χ4v) is 3.73. The Morgan fingerprint density at radius 2 is 1.81 bits per heavy atom. The lowest BCUT2D eigenvalue weighted by Gasteiger charge is -2.17. The maximum atomic E-state index is 3.63. The number of aryl methyl sites for hydroxylation is 3. The van der Waals surface area contributed by atoms with E-state index >= 15 is 0 Å². The lowest BCUT2D eigenvalue weighted by Crippen LogP contribution is -2.21. The first kappa shape index (κ1) is 16.3. The van der Waals surface area contributed by atoms with Crippen molar-refractivity contribution in [1.82, 2.24) is 5.32 Å². The Hall–Kier alpha value is -1.12. The van der Waals surface area contributed by atoms with Crippen molar-refractivity contribution in [3.8, 4) is 0 Å². The van der Waals surface area contributed by atoms with Gasteiger partial charge in [0.15, 0.2) is 0 Å². The second-order valence-corrected chi connectivity index (χ2v) is 7.01. The highest BCUT2D eigenvalue weighted by atomic mass is 32.1. The minimum absolute atomic E-state index is 0.327. The monoisotopic (exact) mass is 301 g/mol. The van der Waals surface area contributed by atoms with E-state index in [-0.39, 0.29) is 0 Å². The third-order valence-corrected chi connectivity index (χ3v) is 5.23. The van der Waals surface area contributed by atoms with Crippen LogP contribution in [-0.2, 0) is 6.42 Å². The van der Waals surface area contributed by atoms with Gasteiger partial charge in [-0.25, -0.2) is 0 Å². The number of benzene rings is 1. The van der Waals surface area contributed by atoms with E-state index in [9.17, 15) is 0 Å². The van der Waals surface area contributed by atoms with Gasteiger partial charge in [0.1, 0.15) is 0 Å². The number of hydrogen-bond acceptors (Lipinski definition) is 2. The van der Waals surface area contributed by atoms with Crippen LogP contribution >= 0.6 is 11.3 Å². The second kappa shape index (κ2) is 7.77. The van der Waals surface area contributed by atoms with Crippen LogP contribution in [0.3, 0.4) is 0 Å². The topological polar surface area (TPSA) is 12.0 Å². The van der Waals surface area contributed by atoms with E-state index in [0.717, 1.165) is 6.54 Å². The molecule has 1 aromatic carbocycles. The summed E-state index contributed by atoms with van der Waals surface area (Å²) in [7, 11) is 0. The van der Waals surface area contributed by atoms with Gasteiger partial charge in [-0.15, -0.1) is 11.3 Å². The predicted molar refractivity (Wildman–Crippen MR) is 94.4 cm³/mol. The molecule has 2 heteroatoms. The Morgan fingerprint density at radius 3 is 2.33 bits per heavy atom. The van der Waals surface area contributed by atoms with E-state index in [1.807, 2.05) is 11.3 Å². The van der Waals surface area contributed by atoms with Crippen LogP contribution in [-0.4, -0.2) is 6.54 Å². The lowest BCUT2D eigenvalue weighted by atomic mass is 10.0. The van der Waals surface area contributed by atoms with Crippen molar-refractivity contribution in [1.29, 1.82) is 0 Å². The van der Waals surface area contributed by atoms with Crippen LogP contribution in [0.2, 0.25) is 0 Å². The van der Waals surface area contributed by atoms with E-state index in [2.05, 4.69) is 63.3 Å². The normalized spacial score (nSPS) is 12.6. The Kier molecular flexibility index (Phi) is 6.01. The molecule has 0 amide bonds. The van der Waals surface area contributed by atoms with Gasteiger partial charge in [0, 0.05) is 9.75 Å². The van der Waals surface area contributed by atoms with Gasteiger partial charge in [-0.2, -0.15) is 0 Å². The van der Waals surface area contributed by atoms with Crippen LogP contribution in [0.15, 0.2) is 30.3 Å². The van der Waals surface area contributed by atoms with Crippen molar-refractivity contribution in [2.75, 3.05) is 6.54 Å². The molecule has 114 valence electrons. The van der Waals surface area contributed by atoms with Crippen molar-refractivity contribution in [3.63, 3.8) is 0 Å². The average molecular weight is 301 g/mol. The molecule has 0 aliphatic carbocycles. The summed E-state index contributed by atoms with van der Waals surface area (Å²) >= 11 is 1.91. The first-order valence-corrected chi connectivity index (χ1v) is 8.86. The zero-order chi connectivity index (χ0) is 15.2. The van der Waals surface area contributed by atoms with Gasteiger partial charge in [-0.1, -0.05) is 44.5 Å². The number of thiophene rings is 1. The fraction of sp³-hybridized carbons (Fsp3) is 0.474. The van der Waals surface area contributed by atoms with Gasteiger partial charge in [0.05, 0.1) is 6.04 Å². The molecule has 1 heterocycles. The summed E-state index contributed by atoms with van der Waals surface area (Å²) in [6.07, 6.45) is 3.73. The van der Waals surface area contributed by atoms with Gasteiger partial charge in [0.2, 0.25) is 0 Å². The van der Waals surface area contributed by atoms with E-state index in [1.165, 1.54) is 45.7 Å². The Bertz CT molecular complexity index is 534. The quantitative estimate of drug-likeness (QED) is 0.721. The van der Waals surface area contributed by atoms with Gasteiger partial charge < -0.3 is 5.32 Å². The molecule has 0 aliphatic heterocycles. The van der Waals surface area contributed by atoms with Gasteiger partial charge in [0.25, 0.3) is 0 Å². The maximum absolute atomic E-state index is 3.63. The zero-order valence-corrected chi connectivity index (χ0v) is 14.5. The standard InChI is InChI=1S/C19H27NS/c1-5-7-8-16-9-11-17(12-10-16)19(20-6-2)18-13-14(3)15(4)21-18/h9-13,19-20H,5-8H2,1-4H3. The van der Waals surface area contributed by atoms with Crippen LogP contribution in [0.4, 0.5) is 0 Å². The molecule has 0 bridgehead atoms. The summed E-state index contributed by atoms with van der Waals surface area (Å²) in [5, 5.41) is 3.63. The molecule has 1 N–H and O–H groups in total. The highest BCUT2D eigenvalue weighted by molar-refractivity contribution is 7.12. The van der Waals surface area contributed by atoms with Crippen molar-refractivity contribution in [2.24, 2.45) is 0 Å². The highest BCUT2D eigenvalue weighted by Crippen LogP contribution is 2.31. The molecule has 2 aromatic rings. The van der Waals surface area contributed by atoms with Gasteiger partial charge in [-0.3, -0.25) is 0 Å². The summed E-state index contributed by atoms with van der Waals surface area (Å²) in [6.45, 7) is 9.82. The number of unbranched alkanes of at least 4 members (excludes halogenated alkanes) is 1. The third kappa shape index (κ3) is 4.18. The molecule has 1 nitrogen and oxygen atoms in total. The maximum Gasteiger partial charge on any atom is 0.0671 e. The molecule has 0 saturated heterocycles. The predicted octanol–water partition coefficient (Wildman–Crippen LogP) is 5.41. The van der Waals surface area contributed by atoms with Crippen molar-refractivity contribution in [2.45, 2.75) is 53.0 Å². The van der Waals surface area contributed by atoms with Crippen molar-refractivity contribution < 1.29 is 0 Å². The highest BCUT2D eigenvalue weighted by Gasteiger charge is 2.16. The molecule has 0 saturated carbocycles. The van der Waals surface area contributed by atoms with Crippen LogP contribution < -0.4 is 5.32 Å². The third-order valence-electron chi connectivity index (χ3n) is 4.01. The summed E-state index contributed by atoms with van der Waals surface area (Å²) in [5.41, 5.74) is 4.23. The summed E-state index contributed by atoms with van der Waals surface area (Å²) in [5.74, 6) is 0. The molecule has 0 fully saturated rings. The average Bonchev–Trinajstić information content (AvgIpc) is 2.82. The molecule has 21 heavy (non-hydrogen) atoms. The molecule has 0 radical (unpaired) electrons. The largest absolute Gasteiger partial charge is 0.306 e. The summed E-state index contributed by atoms with van der Waals surface area (Å²) in [4.78, 5) is 2.85. The molecule has 0 spiro atoms. The van der Waals surface area contributed by atoms with E-state index < -0.39 is 0 Å². The smallest absolute Gasteiger partial charge is 0.0671 e. The number of hydrogen-bond donors (Lipinski definition) is 1. The molecule has 1 unspecified atom stereocenters. The molecule has 0 aliphatic rings. The lowest BCUT2D eigenvalue weighted by molar-refractivity contribution is 0.639. The Balaban J connectivity index is 2.21. The van der Waals surface area contributed by atoms with E-state index in [0.29, 0.717) is 6.04 Å². The molecule has 1 atom stereocenters. The Labute approximate surface area is 133 Å². The first-order chi connectivity index (χ1) is 10.2. The minimum Gasteiger partial charge on any atom is -0.306 e.